The molecular formula is C13H24N4. The average molecular weight is 236 g/mol. The molecule has 0 N–H and O–H groups in total. The van der Waals surface area contributed by atoms with Gasteiger partial charge in [0, 0.05) is 18.8 Å². The molecule has 0 radical (unpaired) electrons. The van der Waals surface area contributed by atoms with E-state index in [1.165, 1.54) is 0 Å². The highest BCUT2D eigenvalue weighted by Gasteiger charge is 2.14. The van der Waals surface area contributed by atoms with Crippen LogP contribution in [0, 0.1) is 0 Å². The minimum absolute atomic E-state index is 0.595. The lowest BCUT2D eigenvalue weighted by molar-refractivity contribution is 0.155. The van der Waals surface area contributed by atoms with E-state index >= 15 is 0 Å². The molecule has 96 valence electrons. The number of hydrogen-bond donors (Lipinski definition) is 0. The molecule has 1 rings (SSSR count). The molecule has 0 aromatic heterocycles. The highest BCUT2D eigenvalue weighted by molar-refractivity contribution is 5.07. The molecule has 0 atom stereocenters. The molecule has 1 saturated heterocycles. The van der Waals surface area contributed by atoms with Crippen LogP contribution < -0.4 is 0 Å². The van der Waals surface area contributed by atoms with Crippen molar-refractivity contribution in [1.82, 2.24) is 9.91 Å². The van der Waals surface area contributed by atoms with Crippen LogP contribution in [-0.2, 0) is 0 Å². The first-order valence-corrected chi connectivity index (χ1v) is 6.02. The number of nitrogens with zero attached hydrogens (tertiary/aromatic N) is 4. The first-order chi connectivity index (χ1) is 8.13. The molecular weight excluding hydrogens is 212 g/mol. The predicted molar refractivity (Wildman–Crippen MR) is 73.5 cm³/mol. The average Bonchev–Trinajstić information content (AvgIpc) is 2.38. The molecule has 0 saturated carbocycles. The maximum absolute atomic E-state index is 4.08. The van der Waals surface area contributed by atoms with Crippen molar-refractivity contribution in [2.45, 2.75) is 20.8 Å². The Bertz CT molecular complexity index is 286. The summed E-state index contributed by atoms with van der Waals surface area (Å²) in [7, 11) is 0. The quantitative estimate of drug-likeness (QED) is 0.554. The summed E-state index contributed by atoms with van der Waals surface area (Å²) in [6.45, 7) is 20.8. The largest absolute Gasteiger partial charge is 0.372 e. The summed E-state index contributed by atoms with van der Waals surface area (Å²) in [5.41, 5.74) is 1.71. The molecule has 17 heavy (non-hydrogen) atoms. The molecule has 1 aliphatic rings. The van der Waals surface area contributed by atoms with Crippen molar-refractivity contribution in [3.05, 3.63) is 37.2 Å². The van der Waals surface area contributed by atoms with Gasteiger partial charge in [0.05, 0.1) is 18.8 Å². The van der Waals surface area contributed by atoms with E-state index in [0.29, 0.717) is 5.70 Å². The molecule has 0 amide bonds. The third-order valence-corrected chi connectivity index (χ3v) is 2.33. The van der Waals surface area contributed by atoms with Crippen LogP contribution >= 0.6 is 0 Å². The van der Waals surface area contributed by atoms with E-state index in [1.54, 1.807) is 6.08 Å². The fourth-order valence-electron chi connectivity index (χ4n) is 1.33. The summed E-state index contributed by atoms with van der Waals surface area (Å²) in [4.78, 5) is 2.24. The van der Waals surface area contributed by atoms with Crippen molar-refractivity contribution in [2.24, 2.45) is 10.3 Å². The third-order valence-electron chi connectivity index (χ3n) is 2.33. The van der Waals surface area contributed by atoms with Gasteiger partial charge in [0.15, 0.2) is 0 Å². The van der Waals surface area contributed by atoms with E-state index in [2.05, 4.69) is 35.0 Å². The first kappa shape index (κ1) is 15.4. The van der Waals surface area contributed by atoms with Gasteiger partial charge in [-0.3, -0.25) is 5.01 Å². The summed E-state index contributed by atoms with van der Waals surface area (Å²) in [5.74, 6) is 0. The molecule has 0 spiro atoms. The van der Waals surface area contributed by atoms with Crippen molar-refractivity contribution < 1.29 is 0 Å². The van der Waals surface area contributed by atoms with Gasteiger partial charge in [-0.25, -0.2) is 0 Å². The Hall–Kier alpha value is -1.58. The second kappa shape index (κ2) is 8.56. The molecule has 0 bridgehead atoms. The maximum atomic E-state index is 4.08. The molecule has 0 aliphatic carbocycles. The van der Waals surface area contributed by atoms with Gasteiger partial charge in [0.25, 0.3) is 0 Å². The van der Waals surface area contributed by atoms with E-state index in [-0.39, 0.29) is 0 Å². The van der Waals surface area contributed by atoms with Gasteiger partial charge in [0.2, 0.25) is 0 Å². The first-order valence-electron chi connectivity index (χ1n) is 6.02. The maximum Gasteiger partial charge on any atom is 0.0796 e. The number of hydrogen-bond acceptors (Lipinski definition) is 3. The van der Waals surface area contributed by atoms with Crippen LogP contribution in [0.25, 0.3) is 0 Å². The Morgan fingerprint density at radius 2 is 1.65 bits per heavy atom. The zero-order chi connectivity index (χ0) is 13.3. The summed E-state index contributed by atoms with van der Waals surface area (Å²) < 4.78 is 0. The smallest absolute Gasteiger partial charge is 0.0796 e. The number of allylic oxidation sites excluding steroid dienone is 2. The van der Waals surface area contributed by atoms with E-state index in [1.807, 2.05) is 25.8 Å². The molecule has 1 heterocycles. The topological polar surface area (TPSA) is 31.2 Å². The second-order valence-electron chi connectivity index (χ2n) is 3.56. The molecule has 0 unspecified atom stereocenters. The van der Waals surface area contributed by atoms with Crippen LogP contribution in [-0.4, -0.2) is 36.1 Å². The summed E-state index contributed by atoms with van der Waals surface area (Å²) >= 11 is 0. The molecule has 1 aliphatic heterocycles. The molecule has 0 aromatic rings. The summed E-state index contributed by atoms with van der Waals surface area (Å²) in [6, 6.07) is 0. The molecule has 1 fully saturated rings. The van der Waals surface area contributed by atoms with Crippen molar-refractivity contribution in [3.63, 3.8) is 0 Å². The van der Waals surface area contributed by atoms with Gasteiger partial charge in [-0.2, -0.15) is 0 Å². The van der Waals surface area contributed by atoms with E-state index in [0.717, 1.165) is 31.9 Å². The van der Waals surface area contributed by atoms with Crippen LogP contribution in [0.2, 0.25) is 0 Å². The van der Waals surface area contributed by atoms with Crippen LogP contribution in [0.3, 0.4) is 0 Å². The minimum Gasteiger partial charge on any atom is -0.372 e. The summed E-state index contributed by atoms with van der Waals surface area (Å²) in [6.07, 6.45) is 1.59. The Kier molecular flexibility index (Phi) is 7.76. The van der Waals surface area contributed by atoms with E-state index in [4.69, 9.17) is 0 Å². The normalized spacial score (nSPS) is 15.2. The highest BCUT2D eigenvalue weighted by Crippen LogP contribution is 2.08. The van der Waals surface area contributed by atoms with Gasteiger partial charge in [0.1, 0.15) is 0 Å². The van der Waals surface area contributed by atoms with Crippen LogP contribution in [0.5, 0.6) is 0 Å². The lowest BCUT2D eigenvalue weighted by Crippen LogP contribution is -2.42. The number of piperazine rings is 1. The fourth-order valence-corrected chi connectivity index (χ4v) is 1.33. The zero-order valence-corrected chi connectivity index (χ0v) is 11.3. The van der Waals surface area contributed by atoms with Crippen molar-refractivity contribution in [3.8, 4) is 0 Å². The van der Waals surface area contributed by atoms with Crippen molar-refractivity contribution in [2.75, 3.05) is 26.2 Å². The Labute approximate surface area is 105 Å². The van der Waals surface area contributed by atoms with Gasteiger partial charge < -0.3 is 4.90 Å². The van der Waals surface area contributed by atoms with Gasteiger partial charge in [-0.05, 0) is 13.0 Å². The second-order valence-corrected chi connectivity index (χ2v) is 3.56. The third kappa shape index (κ3) is 5.90. The number of rotatable bonds is 4. The van der Waals surface area contributed by atoms with Crippen LogP contribution in [0.1, 0.15) is 20.8 Å². The Morgan fingerprint density at radius 1 is 1.12 bits per heavy atom. The predicted octanol–water partition coefficient (Wildman–Crippen LogP) is 3.23. The van der Waals surface area contributed by atoms with Gasteiger partial charge in [-0.1, -0.05) is 38.8 Å². The Balaban J connectivity index is 0.00000121. The summed E-state index contributed by atoms with van der Waals surface area (Å²) in [5, 5.41) is 9.95. The molecule has 4 nitrogen and oxygen atoms in total. The monoisotopic (exact) mass is 236 g/mol. The Morgan fingerprint density at radius 3 is 2.06 bits per heavy atom. The fraction of sp³-hybridized carbons (Fsp3) is 0.538. The van der Waals surface area contributed by atoms with Crippen molar-refractivity contribution >= 4 is 0 Å². The lowest BCUT2D eigenvalue weighted by atomic mass is 10.3. The molecule has 0 aromatic carbocycles. The molecule has 4 heteroatoms. The van der Waals surface area contributed by atoms with Gasteiger partial charge >= 0.3 is 0 Å². The van der Waals surface area contributed by atoms with Gasteiger partial charge in [-0.15, -0.1) is 5.11 Å². The highest BCUT2D eigenvalue weighted by atomic mass is 15.6. The standard InChI is InChI=1S/C11H18N4.C2H6/c1-5-11(4)12-13-15-8-6-14(7-9-15)10(2)3;1-2/h5H,1-2,4,6-9H2,3H3;1-2H3. The SMILES string of the molecule is C=CC(=C)N=NN1CCN(C(=C)C)CC1.CC. The van der Waals surface area contributed by atoms with Crippen molar-refractivity contribution in [1.29, 1.82) is 0 Å². The zero-order valence-electron chi connectivity index (χ0n) is 11.3. The van der Waals surface area contributed by atoms with E-state index in [9.17, 15) is 0 Å². The van der Waals surface area contributed by atoms with E-state index < -0.39 is 0 Å². The lowest BCUT2D eigenvalue weighted by Gasteiger charge is -2.33. The minimum atomic E-state index is 0.595. The van der Waals surface area contributed by atoms with Crippen LogP contribution in [0.4, 0.5) is 0 Å². The van der Waals surface area contributed by atoms with Crippen LogP contribution in [0.15, 0.2) is 47.5 Å².